The Morgan fingerprint density at radius 3 is 2.95 bits per heavy atom. The van der Waals surface area contributed by atoms with Crippen molar-refractivity contribution in [3.63, 3.8) is 0 Å². The van der Waals surface area contributed by atoms with E-state index in [2.05, 4.69) is 0 Å². The Bertz CT molecular complexity index is 622. The lowest BCUT2D eigenvalue weighted by atomic mass is 10.2. The van der Waals surface area contributed by atoms with E-state index in [4.69, 9.17) is 14.4 Å². The maximum atomic E-state index is 12.8. The van der Waals surface area contributed by atoms with Crippen LogP contribution in [0.3, 0.4) is 0 Å². The molecule has 2 aliphatic rings. The van der Waals surface area contributed by atoms with Gasteiger partial charge in [-0.1, -0.05) is 0 Å². The van der Waals surface area contributed by atoms with Gasteiger partial charge < -0.3 is 9.15 Å². The lowest BCUT2D eigenvalue weighted by Gasteiger charge is -2.33. The molecule has 1 aromatic heterocycles. The Morgan fingerprint density at radius 2 is 2.24 bits per heavy atom. The normalized spacial score (nSPS) is 28.5. The Morgan fingerprint density at radius 1 is 1.38 bits per heavy atom. The summed E-state index contributed by atoms with van der Waals surface area (Å²) in [4.78, 5) is 0. The Hall–Kier alpha value is -1.40. The minimum Gasteiger partial charge on any atom is -0.468 e. The van der Waals surface area contributed by atoms with Crippen molar-refractivity contribution in [2.24, 2.45) is 0 Å². The molecule has 2 aliphatic heterocycles. The third-order valence-electron chi connectivity index (χ3n) is 3.87. The van der Waals surface area contributed by atoms with E-state index in [1.165, 1.54) is 8.61 Å². The minimum atomic E-state index is -3.60. The van der Waals surface area contributed by atoms with Crippen LogP contribution in [0, 0.1) is 11.3 Å². The lowest BCUT2D eigenvalue weighted by molar-refractivity contribution is 0.0286. The molecule has 0 saturated carbocycles. The number of hydrogen-bond donors (Lipinski definition) is 0. The molecule has 0 spiro atoms. The van der Waals surface area contributed by atoms with E-state index in [1.807, 2.05) is 6.07 Å². The molecule has 0 radical (unpaired) electrons. The van der Waals surface area contributed by atoms with Crippen LogP contribution in [0.1, 0.15) is 24.6 Å². The molecule has 0 amide bonds. The summed E-state index contributed by atoms with van der Waals surface area (Å²) in [5.41, 5.74) is 0. The zero-order valence-corrected chi connectivity index (χ0v) is 12.3. The summed E-state index contributed by atoms with van der Waals surface area (Å²) < 4.78 is 39.0. The van der Waals surface area contributed by atoms with E-state index in [0.717, 1.165) is 12.8 Å². The molecule has 2 fully saturated rings. The van der Waals surface area contributed by atoms with Crippen molar-refractivity contribution in [1.82, 2.24) is 8.61 Å². The summed E-state index contributed by atoms with van der Waals surface area (Å²) in [7, 11) is -3.60. The molecule has 114 valence electrons. The molecule has 0 aliphatic carbocycles. The van der Waals surface area contributed by atoms with Gasteiger partial charge in [0.05, 0.1) is 31.5 Å². The van der Waals surface area contributed by atoms with Crippen molar-refractivity contribution >= 4 is 10.2 Å². The van der Waals surface area contributed by atoms with Crippen molar-refractivity contribution in [2.75, 3.05) is 26.2 Å². The summed E-state index contributed by atoms with van der Waals surface area (Å²) in [5, 5.41) is 8.92. The fraction of sp³-hybridized carbons (Fsp3) is 0.615. The molecule has 0 N–H and O–H groups in total. The molecule has 2 saturated heterocycles. The average Bonchev–Trinajstić information content (AvgIpc) is 3.17. The number of hydrogen-bond acceptors (Lipinski definition) is 5. The monoisotopic (exact) mass is 311 g/mol. The standard InChI is InChI=1S/C13H17N3O4S/c14-9-11-10-15(6-8-19-11)21(17,18)16-5-1-3-12(16)13-4-2-7-20-13/h2,4,7,11-12H,1,3,5-6,8,10H2/t11-,12+/m1/s1. The summed E-state index contributed by atoms with van der Waals surface area (Å²) >= 11 is 0. The van der Waals surface area contributed by atoms with Gasteiger partial charge in [-0.15, -0.1) is 0 Å². The van der Waals surface area contributed by atoms with Crippen molar-refractivity contribution in [3.8, 4) is 6.07 Å². The first kappa shape index (κ1) is 14.5. The number of nitrogens with zero attached hydrogens (tertiary/aromatic N) is 3. The fourth-order valence-electron chi connectivity index (χ4n) is 2.84. The third kappa shape index (κ3) is 2.70. The topological polar surface area (TPSA) is 86.8 Å². The molecular weight excluding hydrogens is 294 g/mol. The Labute approximate surface area is 123 Å². The van der Waals surface area contributed by atoms with E-state index in [1.54, 1.807) is 18.4 Å². The number of nitriles is 1. The van der Waals surface area contributed by atoms with Crippen LogP contribution >= 0.6 is 0 Å². The van der Waals surface area contributed by atoms with Gasteiger partial charge in [-0.05, 0) is 25.0 Å². The first-order valence-electron chi connectivity index (χ1n) is 6.94. The maximum absolute atomic E-state index is 12.8. The summed E-state index contributed by atoms with van der Waals surface area (Å²) in [6, 6.07) is 5.28. The quantitative estimate of drug-likeness (QED) is 0.827. The number of ether oxygens (including phenoxy) is 1. The van der Waals surface area contributed by atoms with Crippen LogP contribution in [-0.4, -0.2) is 49.4 Å². The largest absolute Gasteiger partial charge is 0.468 e. The van der Waals surface area contributed by atoms with Crippen molar-refractivity contribution < 1.29 is 17.6 Å². The predicted molar refractivity (Wildman–Crippen MR) is 73.2 cm³/mol. The first-order chi connectivity index (χ1) is 10.1. The van der Waals surface area contributed by atoms with Crippen molar-refractivity contribution in [3.05, 3.63) is 24.2 Å². The molecule has 0 unspecified atom stereocenters. The molecule has 3 heterocycles. The highest BCUT2D eigenvalue weighted by molar-refractivity contribution is 7.86. The summed E-state index contributed by atoms with van der Waals surface area (Å²) in [6.45, 7) is 1.08. The average molecular weight is 311 g/mol. The van der Waals surface area contributed by atoms with E-state index in [0.29, 0.717) is 12.3 Å². The first-order valence-corrected chi connectivity index (χ1v) is 8.34. The highest BCUT2D eigenvalue weighted by Crippen LogP contribution is 2.35. The van der Waals surface area contributed by atoms with Gasteiger partial charge in [-0.25, -0.2) is 0 Å². The zero-order chi connectivity index (χ0) is 14.9. The number of rotatable bonds is 3. The smallest absolute Gasteiger partial charge is 0.282 e. The molecule has 21 heavy (non-hydrogen) atoms. The Kier molecular flexibility index (Phi) is 3.99. The number of furan rings is 1. The van der Waals surface area contributed by atoms with Gasteiger partial charge in [-0.3, -0.25) is 0 Å². The van der Waals surface area contributed by atoms with Gasteiger partial charge in [-0.2, -0.15) is 22.3 Å². The SMILES string of the molecule is N#C[C@@H]1CN(S(=O)(=O)N2CCC[C@H]2c2ccco2)CCO1. The summed E-state index contributed by atoms with van der Waals surface area (Å²) in [5.74, 6) is 0.668. The van der Waals surface area contributed by atoms with Gasteiger partial charge >= 0.3 is 0 Å². The third-order valence-corrected chi connectivity index (χ3v) is 5.89. The second kappa shape index (κ2) is 5.77. The molecular formula is C13H17N3O4S. The van der Waals surface area contributed by atoms with E-state index < -0.39 is 16.3 Å². The molecule has 2 atom stereocenters. The van der Waals surface area contributed by atoms with Crippen LogP contribution in [0.5, 0.6) is 0 Å². The zero-order valence-electron chi connectivity index (χ0n) is 11.5. The van der Waals surface area contributed by atoms with E-state index >= 15 is 0 Å². The molecule has 7 nitrogen and oxygen atoms in total. The van der Waals surface area contributed by atoms with Crippen LogP contribution in [-0.2, 0) is 14.9 Å². The number of morpholine rings is 1. The Balaban J connectivity index is 1.82. The van der Waals surface area contributed by atoms with E-state index in [9.17, 15) is 8.42 Å². The van der Waals surface area contributed by atoms with Gasteiger partial charge in [0.15, 0.2) is 6.10 Å². The van der Waals surface area contributed by atoms with Crippen molar-refractivity contribution in [2.45, 2.75) is 25.0 Å². The highest BCUT2D eigenvalue weighted by atomic mass is 32.2. The van der Waals surface area contributed by atoms with E-state index in [-0.39, 0.29) is 25.7 Å². The predicted octanol–water partition coefficient (Wildman–Crippen LogP) is 0.886. The fourth-order valence-corrected chi connectivity index (χ4v) is 4.66. The summed E-state index contributed by atoms with van der Waals surface area (Å²) in [6.07, 6.45) is 2.41. The van der Waals surface area contributed by atoms with Gasteiger partial charge in [0.1, 0.15) is 5.76 Å². The van der Waals surface area contributed by atoms with Gasteiger partial charge in [0.2, 0.25) is 0 Å². The second-order valence-electron chi connectivity index (χ2n) is 5.14. The molecule has 0 bridgehead atoms. The van der Waals surface area contributed by atoms with Crippen molar-refractivity contribution in [1.29, 1.82) is 5.26 Å². The van der Waals surface area contributed by atoms with Crippen LogP contribution in [0.25, 0.3) is 0 Å². The minimum absolute atomic E-state index is 0.0835. The molecule has 0 aromatic carbocycles. The lowest BCUT2D eigenvalue weighted by Crippen LogP contribution is -2.50. The maximum Gasteiger partial charge on any atom is 0.282 e. The molecule has 1 aromatic rings. The van der Waals surface area contributed by atoms with Gasteiger partial charge in [0.25, 0.3) is 10.2 Å². The second-order valence-corrected chi connectivity index (χ2v) is 7.02. The van der Waals surface area contributed by atoms with Crippen LogP contribution in [0.15, 0.2) is 22.8 Å². The molecule has 3 rings (SSSR count). The van der Waals surface area contributed by atoms with Crippen LogP contribution in [0.4, 0.5) is 0 Å². The van der Waals surface area contributed by atoms with Crippen LogP contribution < -0.4 is 0 Å². The van der Waals surface area contributed by atoms with Crippen LogP contribution in [0.2, 0.25) is 0 Å². The molecule has 8 heteroatoms. The highest BCUT2D eigenvalue weighted by Gasteiger charge is 2.41. The van der Waals surface area contributed by atoms with Gasteiger partial charge in [0, 0.05) is 13.1 Å².